The third-order valence-corrected chi connectivity index (χ3v) is 2.21. The van der Waals surface area contributed by atoms with E-state index in [0.29, 0.717) is 5.92 Å². The van der Waals surface area contributed by atoms with Crippen LogP contribution in [0.5, 0.6) is 0 Å². The van der Waals surface area contributed by atoms with Gasteiger partial charge in [-0.2, -0.15) is 0 Å². The first-order chi connectivity index (χ1) is 6.25. The number of H-pyrrole nitrogens is 1. The Morgan fingerprint density at radius 2 is 2.46 bits per heavy atom. The number of rotatable bonds is 3. The van der Waals surface area contributed by atoms with Gasteiger partial charge in [0.1, 0.15) is 11.5 Å². The van der Waals surface area contributed by atoms with E-state index in [4.69, 9.17) is 5.11 Å². The van der Waals surface area contributed by atoms with Crippen LogP contribution < -0.4 is 5.32 Å². The fourth-order valence-corrected chi connectivity index (χ4v) is 1.34. The number of hydrogen-bond donors (Lipinski definition) is 3. The molecule has 3 N–H and O–H groups in total. The van der Waals surface area contributed by atoms with Crippen molar-refractivity contribution in [2.75, 3.05) is 13.1 Å². The SMILES string of the molecule is O=C(O)c1cnc(CC2CNC2)[nH]1. The van der Waals surface area contributed by atoms with Crippen LogP contribution in [0.1, 0.15) is 16.3 Å². The molecule has 0 spiro atoms. The van der Waals surface area contributed by atoms with Crippen LogP contribution in [0.2, 0.25) is 0 Å². The molecule has 1 aromatic heterocycles. The minimum atomic E-state index is -0.953. The van der Waals surface area contributed by atoms with Gasteiger partial charge in [-0.05, 0) is 19.0 Å². The van der Waals surface area contributed by atoms with Gasteiger partial charge in [0, 0.05) is 6.42 Å². The van der Waals surface area contributed by atoms with Gasteiger partial charge in [0.15, 0.2) is 0 Å². The molecule has 1 fully saturated rings. The topological polar surface area (TPSA) is 78.0 Å². The van der Waals surface area contributed by atoms with Crippen molar-refractivity contribution < 1.29 is 9.90 Å². The summed E-state index contributed by atoms with van der Waals surface area (Å²) < 4.78 is 0. The molecule has 1 saturated heterocycles. The molecule has 0 atom stereocenters. The monoisotopic (exact) mass is 181 g/mol. The molecular weight excluding hydrogens is 170 g/mol. The molecule has 0 radical (unpaired) electrons. The summed E-state index contributed by atoms with van der Waals surface area (Å²) in [5.74, 6) is 0.419. The highest BCUT2D eigenvalue weighted by molar-refractivity contribution is 5.84. The Hall–Kier alpha value is -1.36. The highest BCUT2D eigenvalue weighted by Gasteiger charge is 2.18. The van der Waals surface area contributed by atoms with E-state index in [1.165, 1.54) is 6.20 Å². The zero-order valence-corrected chi connectivity index (χ0v) is 7.08. The van der Waals surface area contributed by atoms with E-state index >= 15 is 0 Å². The molecule has 5 heteroatoms. The number of nitrogens with one attached hydrogen (secondary N) is 2. The van der Waals surface area contributed by atoms with E-state index in [1.807, 2.05) is 0 Å². The van der Waals surface area contributed by atoms with Crippen LogP contribution >= 0.6 is 0 Å². The van der Waals surface area contributed by atoms with Gasteiger partial charge in [-0.15, -0.1) is 0 Å². The standard InChI is InChI=1S/C8H11N3O2/c12-8(13)6-4-10-7(11-6)1-5-2-9-3-5/h4-5,9H,1-3H2,(H,10,11)(H,12,13). The van der Waals surface area contributed by atoms with Crippen molar-refractivity contribution >= 4 is 5.97 Å². The fraction of sp³-hybridized carbons (Fsp3) is 0.500. The first kappa shape index (κ1) is 8.25. The van der Waals surface area contributed by atoms with E-state index in [9.17, 15) is 4.79 Å². The molecule has 0 aromatic carbocycles. The van der Waals surface area contributed by atoms with Crippen LogP contribution in [0.25, 0.3) is 0 Å². The van der Waals surface area contributed by atoms with Crippen LogP contribution in [0.3, 0.4) is 0 Å². The molecule has 2 rings (SSSR count). The van der Waals surface area contributed by atoms with Crippen molar-refractivity contribution in [1.29, 1.82) is 0 Å². The van der Waals surface area contributed by atoms with E-state index in [-0.39, 0.29) is 5.69 Å². The van der Waals surface area contributed by atoms with Gasteiger partial charge in [0.2, 0.25) is 0 Å². The third kappa shape index (κ3) is 1.70. The summed E-state index contributed by atoms with van der Waals surface area (Å²) in [5, 5.41) is 11.8. The molecule has 2 heterocycles. The second kappa shape index (κ2) is 3.18. The maximum atomic E-state index is 10.5. The smallest absolute Gasteiger partial charge is 0.353 e. The lowest BCUT2D eigenvalue weighted by molar-refractivity contribution is 0.0691. The van der Waals surface area contributed by atoms with E-state index in [1.54, 1.807) is 0 Å². The van der Waals surface area contributed by atoms with E-state index in [2.05, 4.69) is 15.3 Å². The molecule has 1 aliphatic heterocycles. The van der Waals surface area contributed by atoms with Crippen LogP contribution in [0.15, 0.2) is 6.20 Å². The van der Waals surface area contributed by atoms with Crippen molar-refractivity contribution in [3.05, 3.63) is 17.7 Å². The van der Waals surface area contributed by atoms with Crippen LogP contribution in [-0.4, -0.2) is 34.1 Å². The van der Waals surface area contributed by atoms with Gasteiger partial charge in [-0.1, -0.05) is 0 Å². The molecule has 0 saturated carbocycles. The largest absolute Gasteiger partial charge is 0.477 e. The zero-order chi connectivity index (χ0) is 9.26. The Morgan fingerprint density at radius 1 is 1.69 bits per heavy atom. The average molecular weight is 181 g/mol. The Bertz CT molecular complexity index is 317. The summed E-state index contributed by atoms with van der Waals surface area (Å²) in [7, 11) is 0. The highest BCUT2D eigenvalue weighted by Crippen LogP contribution is 2.09. The number of nitrogens with zero attached hydrogens (tertiary/aromatic N) is 1. The number of imidazole rings is 1. The van der Waals surface area contributed by atoms with Crippen molar-refractivity contribution in [2.24, 2.45) is 5.92 Å². The molecule has 70 valence electrons. The molecule has 0 amide bonds. The number of hydrogen-bond acceptors (Lipinski definition) is 3. The van der Waals surface area contributed by atoms with Gasteiger partial charge >= 0.3 is 5.97 Å². The molecule has 13 heavy (non-hydrogen) atoms. The minimum Gasteiger partial charge on any atom is -0.477 e. The van der Waals surface area contributed by atoms with E-state index < -0.39 is 5.97 Å². The lowest BCUT2D eigenvalue weighted by Gasteiger charge is -2.25. The summed E-state index contributed by atoms with van der Waals surface area (Å²) in [6.07, 6.45) is 2.20. The van der Waals surface area contributed by atoms with Crippen molar-refractivity contribution in [3.8, 4) is 0 Å². The second-order valence-corrected chi connectivity index (χ2v) is 3.28. The maximum Gasteiger partial charge on any atom is 0.353 e. The Kier molecular flexibility index (Phi) is 2.02. The highest BCUT2D eigenvalue weighted by atomic mass is 16.4. The Balaban J connectivity index is 2.00. The predicted octanol–water partition coefficient (Wildman–Crippen LogP) is -0.130. The summed E-state index contributed by atoms with van der Waals surface area (Å²) in [6.45, 7) is 2.01. The molecule has 0 bridgehead atoms. The zero-order valence-electron chi connectivity index (χ0n) is 7.08. The minimum absolute atomic E-state index is 0.169. The molecular formula is C8H11N3O2. The quantitative estimate of drug-likeness (QED) is 0.607. The van der Waals surface area contributed by atoms with Gasteiger partial charge in [-0.3, -0.25) is 0 Å². The van der Waals surface area contributed by atoms with Crippen molar-refractivity contribution in [3.63, 3.8) is 0 Å². The number of aromatic amines is 1. The number of aromatic nitrogens is 2. The van der Waals surface area contributed by atoms with Crippen molar-refractivity contribution in [1.82, 2.24) is 15.3 Å². The lowest BCUT2D eigenvalue weighted by Crippen LogP contribution is -2.43. The predicted molar refractivity (Wildman–Crippen MR) is 45.6 cm³/mol. The first-order valence-corrected chi connectivity index (χ1v) is 4.23. The number of aromatic carboxylic acids is 1. The van der Waals surface area contributed by atoms with E-state index in [0.717, 1.165) is 25.3 Å². The third-order valence-electron chi connectivity index (χ3n) is 2.21. The Morgan fingerprint density at radius 3 is 2.92 bits per heavy atom. The number of carboxylic acids is 1. The van der Waals surface area contributed by atoms with Gasteiger partial charge in [0.25, 0.3) is 0 Å². The fourth-order valence-electron chi connectivity index (χ4n) is 1.34. The summed E-state index contributed by atoms with van der Waals surface area (Å²) in [6, 6.07) is 0. The van der Waals surface area contributed by atoms with Crippen LogP contribution in [0, 0.1) is 5.92 Å². The van der Waals surface area contributed by atoms with Gasteiger partial charge in [-0.25, -0.2) is 9.78 Å². The lowest BCUT2D eigenvalue weighted by atomic mass is 9.99. The maximum absolute atomic E-state index is 10.5. The van der Waals surface area contributed by atoms with Crippen LogP contribution in [0.4, 0.5) is 0 Å². The van der Waals surface area contributed by atoms with Crippen LogP contribution in [-0.2, 0) is 6.42 Å². The normalized spacial score (nSPS) is 16.9. The Labute approximate surface area is 75.2 Å². The molecule has 0 aliphatic carbocycles. The summed E-state index contributed by atoms with van der Waals surface area (Å²) >= 11 is 0. The number of carbonyl (C=O) groups is 1. The average Bonchev–Trinajstić information content (AvgIpc) is 2.44. The number of carboxylic acid groups (broad SMARTS) is 1. The summed E-state index contributed by atoms with van der Waals surface area (Å²) in [5.41, 5.74) is 0.169. The molecule has 5 nitrogen and oxygen atoms in total. The second-order valence-electron chi connectivity index (χ2n) is 3.28. The molecule has 1 aliphatic rings. The van der Waals surface area contributed by atoms with Gasteiger partial charge in [0.05, 0.1) is 6.20 Å². The molecule has 0 unspecified atom stereocenters. The first-order valence-electron chi connectivity index (χ1n) is 4.23. The van der Waals surface area contributed by atoms with Crippen molar-refractivity contribution in [2.45, 2.75) is 6.42 Å². The summed E-state index contributed by atoms with van der Waals surface area (Å²) in [4.78, 5) is 17.3. The van der Waals surface area contributed by atoms with Gasteiger partial charge < -0.3 is 15.4 Å². The molecule has 1 aromatic rings.